The van der Waals surface area contributed by atoms with Crippen molar-refractivity contribution >= 4 is 39.1 Å². The van der Waals surface area contributed by atoms with E-state index >= 15 is 0 Å². The number of hydrogen-bond donors (Lipinski definition) is 1. The second-order valence-corrected chi connectivity index (χ2v) is 10.3. The molecule has 0 fully saturated rings. The zero-order chi connectivity index (χ0) is 24.1. The number of anilines is 2. The molecular formula is C24H23N5O3S2. The molecule has 4 aromatic rings. The van der Waals surface area contributed by atoms with Crippen molar-refractivity contribution in [3.8, 4) is 11.4 Å². The number of benzene rings is 3. The van der Waals surface area contributed by atoms with Crippen molar-refractivity contribution < 1.29 is 13.2 Å². The van der Waals surface area contributed by atoms with Crippen LogP contribution in [0.4, 0.5) is 11.4 Å². The lowest BCUT2D eigenvalue weighted by Crippen LogP contribution is -2.26. The van der Waals surface area contributed by atoms with Crippen molar-refractivity contribution in [1.29, 1.82) is 0 Å². The number of thioether (sulfide) groups is 1. The molecule has 0 radical (unpaired) electrons. The van der Waals surface area contributed by atoms with Crippen LogP contribution in [-0.4, -0.2) is 41.9 Å². The third kappa shape index (κ3) is 5.13. The van der Waals surface area contributed by atoms with Crippen molar-refractivity contribution in [3.63, 3.8) is 0 Å². The molecule has 1 heterocycles. The number of rotatable bonds is 8. The highest BCUT2D eigenvalue weighted by molar-refractivity contribution is 7.99. The normalized spacial score (nSPS) is 11.2. The van der Waals surface area contributed by atoms with Crippen molar-refractivity contribution in [2.75, 3.05) is 22.4 Å². The van der Waals surface area contributed by atoms with Gasteiger partial charge in [-0.1, -0.05) is 66.4 Å². The highest BCUT2D eigenvalue weighted by Gasteiger charge is 2.22. The standard InChI is InChI=1S/C24H23N5O3S2/c1-28-23(18-10-5-3-6-11-18)26-27-24(28)33-17-22(30)25-19-12-9-15-21(16-19)34(31,32)29(2)20-13-7-4-8-14-20/h3-16H,17H2,1-2H3,(H,25,30). The first-order valence-electron chi connectivity index (χ1n) is 10.4. The van der Waals surface area contributed by atoms with Gasteiger partial charge in [-0.3, -0.25) is 9.10 Å². The topological polar surface area (TPSA) is 97.2 Å². The average molecular weight is 494 g/mol. The number of amides is 1. The smallest absolute Gasteiger partial charge is 0.264 e. The number of nitrogens with one attached hydrogen (secondary N) is 1. The first-order chi connectivity index (χ1) is 16.4. The average Bonchev–Trinajstić information content (AvgIpc) is 3.23. The summed E-state index contributed by atoms with van der Waals surface area (Å²) < 4.78 is 29.1. The van der Waals surface area contributed by atoms with Crippen LogP contribution in [0.2, 0.25) is 0 Å². The summed E-state index contributed by atoms with van der Waals surface area (Å²) in [6.45, 7) is 0. The minimum Gasteiger partial charge on any atom is -0.325 e. The lowest BCUT2D eigenvalue weighted by atomic mass is 10.2. The molecule has 0 atom stereocenters. The molecule has 0 spiro atoms. The number of carbonyl (C=O) groups excluding carboxylic acids is 1. The SMILES string of the molecule is CN(c1ccccc1)S(=O)(=O)c1cccc(NC(=O)CSc2nnc(-c3ccccc3)n2C)c1. The first-order valence-corrected chi connectivity index (χ1v) is 12.8. The molecule has 0 aliphatic rings. The molecular weight excluding hydrogens is 470 g/mol. The van der Waals surface area contributed by atoms with Crippen molar-refractivity contribution in [3.05, 3.63) is 84.9 Å². The molecule has 0 saturated carbocycles. The van der Waals surface area contributed by atoms with Gasteiger partial charge in [-0.15, -0.1) is 10.2 Å². The van der Waals surface area contributed by atoms with E-state index < -0.39 is 10.0 Å². The van der Waals surface area contributed by atoms with Gasteiger partial charge in [0.25, 0.3) is 10.0 Å². The number of aromatic nitrogens is 3. The molecule has 0 unspecified atom stereocenters. The molecule has 8 nitrogen and oxygen atoms in total. The number of hydrogen-bond acceptors (Lipinski definition) is 6. The molecule has 1 amide bonds. The van der Waals surface area contributed by atoms with Crippen LogP contribution in [0.1, 0.15) is 0 Å². The van der Waals surface area contributed by atoms with Crippen molar-refractivity contribution in [1.82, 2.24) is 14.8 Å². The van der Waals surface area contributed by atoms with Gasteiger partial charge in [0, 0.05) is 25.3 Å². The molecule has 174 valence electrons. The summed E-state index contributed by atoms with van der Waals surface area (Å²) in [5.74, 6) is 0.533. The van der Waals surface area contributed by atoms with Gasteiger partial charge in [0.2, 0.25) is 5.91 Å². The molecule has 4 rings (SSSR count). The summed E-state index contributed by atoms with van der Waals surface area (Å²) in [7, 11) is -0.435. The van der Waals surface area contributed by atoms with E-state index in [2.05, 4.69) is 15.5 Å². The van der Waals surface area contributed by atoms with Crippen LogP contribution < -0.4 is 9.62 Å². The molecule has 0 aliphatic carbocycles. The van der Waals surface area contributed by atoms with Gasteiger partial charge in [0.15, 0.2) is 11.0 Å². The van der Waals surface area contributed by atoms with Gasteiger partial charge < -0.3 is 9.88 Å². The molecule has 3 aromatic carbocycles. The monoisotopic (exact) mass is 493 g/mol. The van der Waals surface area contributed by atoms with E-state index in [9.17, 15) is 13.2 Å². The van der Waals surface area contributed by atoms with Gasteiger partial charge in [-0.25, -0.2) is 8.42 Å². The van der Waals surface area contributed by atoms with Crippen LogP contribution in [-0.2, 0) is 21.9 Å². The Hall–Kier alpha value is -3.63. The number of sulfonamides is 1. The van der Waals surface area contributed by atoms with E-state index in [4.69, 9.17) is 0 Å². The Balaban J connectivity index is 1.42. The van der Waals surface area contributed by atoms with E-state index in [1.807, 2.05) is 48.0 Å². The van der Waals surface area contributed by atoms with E-state index in [0.29, 0.717) is 22.4 Å². The van der Waals surface area contributed by atoms with Gasteiger partial charge >= 0.3 is 0 Å². The lowest BCUT2D eigenvalue weighted by Gasteiger charge is -2.19. The van der Waals surface area contributed by atoms with Crippen LogP contribution in [0.5, 0.6) is 0 Å². The maximum absolute atomic E-state index is 13.0. The fourth-order valence-corrected chi connectivity index (χ4v) is 5.23. The Kier molecular flexibility index (Phi) is 6.99. The van der Waals surface area contributed by atoms with Crippen LogP contribution in [0, 0.1) is 0 Å². The Morgan fingerprint density at radius 1 is 0.971 bits per heavy atom. The number of para-hydroxylation sites is 1. The zero-order valence-electron chi connectivity index (χ0n) is 18.6. The second kappa shape index (κ2) is 10.1. The van der Waals surface area contributed by atoms with Crippen LogP contribution in [0.15, 0.2) is 95.0 Å². The minimum absolute atomic E-state index is 0.0881. The predicted octanol–water partition coefficient (Wildman–Crippen LogP) is 4.04. The highest BCUT2D eigenvalue weighted by atomic mass is 32.2. The summed E-state index contributed by atoms with van der Waals surface area (Å²) in [6.07, 6.45) is 0. The molecule has 0 bridgehead atoms. The molecule has 1 N–H and O–H groups in total. The van der Waals surface area contributed by atoms with E-state index in [0.717, 1.165) is 5.56 Å². The Bertz CT molecular complexity index is 1390. The predicted molar refractivity (Wildman–Crippen MR) is 134 cm³/mol. The lowest BCUT2D eigenvalue weighted by molar-refractivity contribution is -0.113. The van der Waals surface area contributed by atoms with Crippen LogP contribution >= 0.6 is 11.8 Å². The fourth-order valence-electron chi connectivity index (χ4n) is 3.28. The summed E-state index contributed by atoms with van der Waals surface area (Å²) in [5.41, 5.74) is 1.88. The molecule has 1 aromatic heterocycles. The summed E-state index contributed by atoms with van der Waals surface area (Å²) in [6, 6.07) is 24.7. The van der Waals surface area contributed by atoms with Gasteiger partial charge in [-0.05, 0) is 30.3 Å². The largest absolute Gasteiger partial charge is 0.325 e. The van der Waals surface area contributed by atoms with Crippen LogP contribution in [0.3, 0.4) is 0 Å². The Morgan fingerprint density at radius 3 is 2.35 bits per heavy atom. The van der Waals surface area contributed by atoms with Crippen LogP contribution in [0.25, 0.3) is 11.4 Å². The molecule has 0 aliphatic heterocycles. The minimum atomic E-state index is -3.78. The van der Waals surface area contributed by atoms with Gasteiger partial charge in [0.05, 0.1) is 16.3 Å². The molecule has 0 saturated heterocycles. The summed E-state index contributed by atoms with van der Waals surface area (Å²) in [5, 5.41) is 11.8. The number of nitrogens with zero attached hydrogens (tertiary/aromatic N) is 4. The van der Waals surface area contributed by atoms with Crippen molar-refractivity contribution in [2.45, 2.75) is 10.1 Å². The van der Waals surface area contributed by atoms with E-state index in [1.165, 1.54) is 35.2 Å². The third-order valence-corrected chi connectivity index (χ3v) is 7.90. The second-order valence-electron chi connectivity index (χ2n) is 7.40. The quantitative estimate of drug-likeness (QED) is 0.372. The molecule has 34 heavy (non-hydrogen) atoms. The van der Waals surface area contributed by atoms with E-state index in [-0.39, 0.29) is 16.6 Å². The van der Waals surface area contributed by atoms with Gasteiger partial charge in [-0.2, -0.15) is 0 Å². The fraction of sp³-hybridized carbons (Fsp3) is 0.125. The zero-order valence-corrected chi connectivity index (χ0v) is 20.3. The maximum atomic E-state index is 13.0. The summed E-state index contributed by atoms with van der Waals surface area (Å²) in [4.78, 5) is 12.6. The first kappa shape index (κ1) is 23.5. The summed E-state index contributed by atoms with van der Waals surface area (Å²) >= 11 is 1.25. The Labute approximate surface area is 202 Å². The van der Waals surface area contributed by atoms with E-state index in [1.54, 1.807) is 36.4 Å². The molecule has 10 heteroatoms. The maximum Gasteiger partial charge on any atom is 0.264 e. The van der Waals surface area contributed by atoms with Gasteiger partial charge in [0.1, 0.15) is 0 Å². The third-order valence-electron chi connectivity index (χ3n) is 5.10. The van der Waals surface area contributed by atoms with Crippen molar-refractivity contribution in [2.24, 2.45) is 7.05 Å². The highest BCUT2D eigenvalue weighted by Crippen LogP contribution is 2.25. The number of carbonyl (C=O) groups is 1. The Morgan fingerprint density at radius 2 is 1.65 bits per heavy atom.